The zero-order valence-corrected chi connectivity index (χ0v) is 17.1. The second kappa shape index (κ2) is 8.10. The van der Waals surface area contributed by atoms with Crippen molar-refractivity contribution in [1.82, 2.24) is 20.0 Å². The van der Waals surface area contributed by atoms with E-state index in [4.69, 9.17) is 9.26 Å². The molecule has 0 radical (unpaired) electrons. The number of carbonyl (C=O) groups excluding carboxylic acids is 1. The number of imidazole rings is 1. The van der Waals surface area contributed by atoms with E-state index in [-0.39, 0.29) is 18.6 Å². The number of amides is 1. The third-order valence-corrected chi connectivity index (χ3v) is 5.32. The second-order valence-electron chi connectivity index (χ2n) is 7.75. The molecule has 1 aliphatic heterocycles. The van der Waals surface area contributed by atoms with Crippen molar-refractivity contribution >= 4 is 5.91 Å². The van der Waals surface area contributed by atoms with Crippen LogP contribution in [-0.4, -0.2) is 26.7 Å². The number of hydrogen-bond acceptors (Lipinski definition) is 5. The molecule has 7 nitrogen and oxygen atoms in total. The molecule has 5 rings (SSSR count). The molecule has 1 amide bonds. The lowest BCUT2D eigenvalue weighted by molar-refractivity contribution is 0.0950. The van der Waals surface area contributed by atoms with E-state index in [0.29, 0.717) is 17.0 Å². The zero-order chi connectivity index (χ0) is 21.2. The standard InChI is InChI=1S/C24H22N4O3/c1-16-10-19-6-7-20(11-22(19)30-16)23-12-21(27-31-23)13-26-24(29)18-4-2-17(3-5-18)14-28-9-8-25-15-28/h2-9,11-12,15-16H,10,13-14H2,1H3,(H,26,29). The fourth-order valence-corrected chi connectivity index (χ4v) is 3.71. The number of fused-ring (bicyclic) bond motifs is 1. The van der Waals surface area contributed by atoms with Crippen molar-refractivity contribution in [3.05, 3.63) is 89.6 Å². The van der Waals surface area contributed by atoms with Gasteiger partial charge in [-0.25, -0.2) is 4.98 Å². The molecule has 0 spiro atoms. The minimum absolute atomic E-state index is 0.154. The summed E-state index contributed by atoms with van der Waals surface area (Å²) in [5.41, 5.74) is 4.48. The molecule has 31 heavy (non-hydrogen) atoms. The average molecular weight is 414 g/mol. The Labute approximate surface area is 179 Å². The molecule has 2 aromatic carbocycles. The molecule has 1 unspecified atom stereocenters. The topological polar surface area (TPSA) is 82.2 Å². The van der Waals surface area contributed by atoms with Crippen molar-refractivity contribution < 1.29 is 14.1 Å². The van der Waals surface area contributed by atoms with Crippen LogP contribution in [0.25, 0.3) is 11.3 Å². The van der Waals surface area contributed by atoms with Gasteiger partial charge in [0.15, 0.2) is 5.76 Å². The molecule has 2 aromatic heterocycles. The Morgan fingerprint density at radius 1 is 1.19 bits per heavy atom. The minimum Gasteiger partial charge on any atom is -0.490 e. The van der Waals surface area contributed by atoms with Gasteiger partial charge in [-0.1, -0.05) is 29.4 Å². The number of rotatable bonds is 6. The van der Waals surface area contributed by atoms with E-state index in [1.807, 2.05) is 53.2 Å². The van der Waals surface area contributed by atoms with Crippen LogP contribution < -0.4 is 10.1 Å². The smallest absolute Gasteiger partial charge is 0.251 e. The lowest BCUT2D eigenvalue weighted by atomic mass is 10.1. The number of nitrogens with one attached hydrogen (secondary N) is 1. The van der Waals surface area contributed by atoms with Gasteiger partial charge >= 0.3 is 0 Å². The predicted molar refractivity (Wildman–Crippen MR) is 115 cm³/mol. The second-order valence-corrected chi connectivity index (χ2v) is 7.75. The summed E-state index contributed by atoms with van der Waals surface area (Å²) in [6, 6.07) is 15.4. The van der Waals surface area contributed by atoms with Gasteiger partial charge in [0.05, 0.1) is 12.9 Å². The van der Waals surface area contributed by atoms with Gasteiger partial charge < -0.3 is 19.1 Å². The molecule has 0 saturated carbocycles. The predicted octanol–water partition coefficient (Wildman–Crippen LogP) is 3.84. The Balaban J connectivity index is 1.19. The van der Waals surface area contributed by atoms with Crippen LogP contribution in [0.4, 0.5) is 0 Å². The van der Waals surface area contributed by atoms with Gasteiger partial charge in [-0.15, -0.1) is 0 Å². The van der Waals surface area contributed by atoms with Gasteiger partial charge in [-0.2, -0.15) is 0 Å². The first-order chi connectivity index (χ1) is 15.1. The number of nitrogens with zero attached hydrogens (tertiary/aromatic N) is 3. The van der Waals surface area contributed by atoms with Crippen molar-refractivity contribution in [2.24, 2.45) is 0 Å². The van der Waals surface area contributed by atoms with Gasteiger partial charge in [-0.3, -0.25) is 4.79 Å². The summed E-state index contributed by atoms with van der Waals surface area (Å²) < 4.78 is 13.3. The third kappa shape index (κ3) is 4.21. The van der Waals surface area contributed by atoms with E-state index in [2.05, 4.69) is 28.4 Å². The van der Waals surface area contributed by atoms with E-state index < -0.39 is 0 Å². The molecule has 0 saturated heterocycles. The molecular weight excluding hydrogens is 392 g/mol. The van der Waals surface area contributed by atoms with Gasteiger partial charge in [0.25, 0.3) is 5.91 Å². The van der Waals surface area contributed by atoms with E-state index in [1.54, 1.807) is 12.5 Å². The first-order valence-corrected chi connectivity index (χ1v) is 10.2. The van der Waals surface area contributed by atoms with Crippen molar-refractivity contribution in [3.8, 4) is 17.1 Å². The largest absolute Gasteiger partial charge is 0.490 e. The van der Waals surface area contributed by atoms with Crippen LogP contribution >= 0.6 is 0 Å². The molecule has 7 heteroatoms. The molecule has 1 atom stereocenters. The SMILES string of the molecule is CC1Cc2ccc(-c3cc(CNC(=O)c4ccc(Cn5ccnc5)cc4)no3)cc2O1. The van der Waals surface area contributed by atoms with Gasteiger partial charge in [0.2, 0.25) is 0 Å². The molecule has 156 valence electrons. The summed E-state index contributed by atoms with van der Waals surface area (Å²) in [6.45, 7) is 3.07. The van der Waals surface area contributed by atoms with Crippen LogP contribution in [0.1, 0.15) is 34.1 Å². The van der Waals surface area contributed by atoms with Crippen LogP contribution in [0.15, 0.2) is 71.8 Å². The maximum atomic E-state index is 12.5. The summed E-state index contributed by atoms with van der Waals surface area (Å²) in [5, 5.41) is 6.97. The first kappa shape index (κ1) is 19.1. The highest BCUT2D eigenvalue weighted by Gasteiger charge is 2.20. The number of benzene rings is 2. The van der Waals surface area contributed by atoms with E-state index in [9.17, 15) is 4.79 Å². The number of aromatic nitrogens is 3. The lowest BCUT2D eigenvalue weighted by Crippen LogP contribution is -2.22. The van der Waals surface area contributed by atoms with Gasteiger partial charge in [0.1, 0.15) is 17.5 Å². The van der Waals surface area contributed by atoms with Crippen LogP contribution in [-0.2, 0) is 19.5 Å². The first-order valence-electron chi connectivity index (χ1n) is 10.2. The average Bonchev–Trinajstić information content (AvgIpc) is 3.52. The lowest BCUT2D eigenvalue weighted by Gasteiger charge is -2.06. The van der Waals surface area contributed by atoms with E-state index in [1.165, 1.54) is 5.56 Å². The molecule has 0 aliphatic carbocycles. The van der Waals surface area contributed by atoms with Crippen molar-refractivity contribution in [2.45, 2.75) is 32.5 Å². The highest BCUT2D eigenvalue weighted by molar-refractivity contribution is 5.94. The Kier molecular flexibility index (Phi) is 5.00. The Hall–Kier alpha value is -3.87. The highest BCUT2D eigenvalue weighted by Crippen LogP contribution is 2.33. The van der Waals surface area contributed by atoms with Crippen molar-refractivity contribution in [3.63, 3.8) is 0 Å². The van der Waals surface area contributed by atoms with Crippen LogP contribution in [0, 0.1) is 0 Å². The quantitative estimate of drug-likeness (QED) is 0.518. The normalized spacial score (nSPS) is 14.8. The minimum atomic E-state index is -0.154. The molecule has 0 bridgehead atoms. The Morgan fingerprint density at radius 3 is 2.87 bits per heavy atom. The summed E-state index contributed by atoms with van der Waals surface area (Å²) in [6.07, 6.45) is 6.54. The zero-order valence-electron chi connectivity index (χ0n) is 17.1. The molecule has 1 aliphatic rings. The summed E-state index contributed by atoms with van der Waals surface area (Å²) in [7, 11) is 0. The van der Waals surface area contributed by atoms with Crippen LogP contribution in [0.5, 0.6) is 5.75 Å². The Morgan fingerprint density at radius 2 is 2.06 bits per heavy atom. The molecule has 1 N–H and O–H groups in total. The summed E-state index contributed by atoms with van der Waals surface area (Å²) in [4.78, 5) is 16.5. The molecular formula is C24H22N4O3. The van der Waals surface area contributed by atoms with Crippen LogP contribution in [0.3, 0.4) is 0 Å². The van der Waals surface area contributed by atoms with E-state index >= 15 is 0 Å². The molecule has 0 fully saturated rings. The number of hydrogen-bond donors (Lipinski definition) is 1. The maximum Gasteiger partial charge on any atom is 0.251 e. The number of ether oxygens (including phenoxy) is 1. The summed E-state index contributed by atoms with van der Waals surface area (Å²) in [5.74, 6) is 1.39. The highest BCUT2D eigenvalue weighted by atomic mass is 16.5. The van der Waals surface area contributed by atoms with Gasteiger partial charge in [0, 0.05) is 42.6 Å². The monoisotopic (exact) mass is 414 g/mol. The van der Waals surface area contributed by atoms with Crippen LogP contribution in [0.2, 0.25) is 0 Å². The fraction of sp³-hybridized carbons (Fsp3) is 0.208. The summed E-state index contributed by atoms with van der Waals surface area (Å²) >= 11 is 0. The van der Waals surface area contributed by atoms with Crippen molar-refractivity contribution in [2.75, 3.05) is 0 Å². The third-order valence-electron chi connectivity index (χ3n) is 5.32. The fourth-order valence-electron chi connectivity index (χ4n) is 3.71. The molecule has 3 heterocycles. The van der Waals surface area contributed by atoms with Gasteiger partial charge in [-0.05, 0) is 36.2 Å². The van der Waals surface area contributed by atoms with Crippen molar-refractivity contribution in [1.29, 1.82) is 0 Å². The van der Waals surface area contributed by atoms with E-state index in [0.717, 1.165) is 29.8 Å². The Bertz CT molecular complexity index is 1200. The molecule has 4 aromatic rings. The number of carbonyl (C=O) groups is 1. The maximum absolute atomic E-state index is 12.5.